The minimum atomic E-state index is -1.02. The maximum absolute atomic E-state index is 11.7. The van der Waals surface area contributed by atoms with E-state index in [1.807, 2.05) is 0 Å². The molecule has 1 aromatic rings. The molecule has 8 heteroatoms. The minimum Gasteiger partial charge on any atom is -0.480 e. The van der Waals surface area contributed by atoms with E-state index < -0.39 is 5.97 Å². The van der Waals surface area contributed by atoms with Crippen LogP contribution in [0.5, 0.6) is 0 Å². The first-order chi connectivity index (χ1) is 8.15. The van der Waals surface area contributed by atoms with Crippen LogP contribution in [0.15, 0.2) is 6.20 Å². The third-order valence-corrected chi connectivity index (χ3v) is 2.39. The zero-order chi connectivity index (χ0) is 12.3. The van der Waals surface area contributed by atoms with E-state index in [0.717, 1.165) is 4.68 Å². The first kappa shape index (κ1) is 11.5. The Morgan fingerprint density at radius 1 is 1.65 bits per heavy atom. The van der Waals surface area contributed by atoms with Gasteiger partial charge in [-0.3, -0.25) is 9.59 Å². The van der Waals surface area contributed by atoms with Gasteiger partial charge in [-0.05, 0) is 6.42 Å². The minimum absolute atomic E-state index is 0.167. The molecule has 0 saturated carbocycles. The average Bonchev–Trinajstić information content (AvgIpc) is 2.87. The monoisotopic (exact) mass is 240 g/mol. The van der Waals surface area contributed by atoms with Crippen LogP contribution in [0.2, 0.25) is 0 Å². The number of rotatable bonds is 4. The molecule has 1 aliphatic rings. The molecule has 0 radical (unpaired) electrons. The number of ether oxygens (including phenoxy) is 1. The molecule has 0 aromatic carbocycles. The Kier molecular flexibility index (Phi) is 3.33. The standard InChI is InChI=1S/C9H12N4O4/c14-8(15)4-13-3-7(11-12-13)10-9(16)6-1-2-17-5-6/h3,6H,1-2,4-5H2,(H,10,16)(H,14,15). The highest BCUT2D eigenvalue weighted by molar-refractivity contribution is 5.91. The van der Waals surface area contributed by atoms with Crippen LogP contribution in [0.3, 0.4) is 0 Å². The highest BCUT2D eigenvalue weighted by atomic mass is 16.5. The summed E-state index contributed by atoms with van der Waals surface area (Å²) < 4.78 is 6.24. The maximum Gasteiger partial charge on any atom is 0.325 e. The van der Waals surface area contributed by atoms with E-state index in [4.69, 9.17) is 9.84 Å². The van der Waals surface area contributed by atoms with Gasteiger partial charge in [-0.1, -0.05) is 5.21 Å². The lowest BCUT2D eigenvalue weighted by atomic mass is 10.1. The van der Waals surface area contributed by atoms with Crippen molar-refractivity contribution in [1.82, 2.24) is 15.0 Å². The molecular weight excluding hydrogens is 228 g/mol. The van der Waals surface area contributed by atoms with E-state index in [1.54, 1.807) is 0 Å². The number of anilines is 1. The smallest absolute Gasteiger partial charge is 0.325 e. The van der Waals surface area contributed by atoms with Crippen LogP contribution in [0.4, 0.5) is 5.82 Å². The Balaban J connectivity index is 1.91. The summed E-state index contributed by atoms with van der Waals surface area (Å²) in [6.45, 7) is 0.717. The molecule has 2 N–H and O–H groups in total. The summed E-state index contributed by atoms with van der Waals surface area (Å²) in [5.74, 6) is -1.11. The molecule has 8 nitrogen and oxygen atoms in total. The van der Waals surface area contributed by atoms with Gasteiger partial charge in [0.15, 0.2) is 5.82 Å². The van der Waals surface area contributed by atoms with Gasteiger partial charge in [0.2, 0.25) is 5.91 Å². The van der Waals surface area contributed by atoms with Crippen molar-refractivity contribution in [2.75, 3.05) is 18.5 Å². The summed E-state index contributed by atoms with van der Waals surface area (Å²) in [7, 11) is 0. The predicted octanol–water partition coefficient (Wildman–Crippen LogP) is -0.662. The summed E-state index contributed by atoms with van der Waals surface area (Å²) in [6.07, 6.45) is 2.07. The summed E-state index contributed by atoms with van der Waals surface area (Å²) in [6, 6.07) is 0. The van der Waals surface area contributed by atoms with E-state index >= 15 is 0 Å². The first-order valence-electron chi connectivity index (χ1n) is 5.15. The largest absolute Gasteiger partial charge is 0.480 e. The van der Waals surface area contributed by atoms with Gasteiger partial charge < -0.3 is 15.2 Å². The molecule has 0 bridgehead atoms. The lowest BCUT2D eigenvalue weighted by Crippen LogP contribution is -2.23. The molecule has 1 atom stereocenters. The number of amides is 1. The first-order valence-corrected chi connectivity index (χ1v) is 5.15. The highest BCUT2D eigenvalue weighted by Gasteiger charge is 2.24. The van der Waals surface area contributed by atoms with Gasteiger partial charge in [0.25, 0.3) is 0 Å². The molecule has 2 heterocycles. The normalized spacial score (nSPS) is 19.2. The van der Waals surface area contributed by atoms with Crippen LogP contribution in [0, 0.1) is 5.92 Å². The van der Waals surface area contributed by atoms with Crippen LogP contribution in [0.1, 0.15) is 6.42 Å². The van der Waals surface area contributed by atoms with Gasteiger partial charge in [-0.2, -0.15) is 0 Å². The molecular formula is C9H12N4O4. The van der Waals surface area contributed by atoms with Crippen molar-refractivity contribution < 1.29 is 19.4 Å². The average molecular weight is 240 g/mol. The molecule has 2 rings (SSSR count). The molecule has 92 valence electrons. The Morgan fingerprint density at radius 3 is 3.12 bits per heavy atom. The van der Waals surface area contributed by atoms with Crippen LogP contribution >= 0.6 is 0 Å². The number of carboxylic acid groups (broad SMARTS) is 1. The van der Waals surface area contributed by atoms with Crippen molar-refractivity contribution in [3.8, 4) is 0 Å². The number of hydrogen-bond acceptors (Lipinski definition) is 5. The second-order valence-corrected chi connectivity index (χ2v) is 3.74. The highest BCUT2D eigenvalue weighted by Crippen LogP contribution is 2.14. The number of hydrogen-bond donors (Lipinski definition) is 2. The van der Waals surface area contributed by atoms with Crippen molar-refractivity contribution >= 4 is 17.7 Å². The molecule has 17 heavy (non-hydrogen) atoms. The number of aliphatic carboxylic acids is 1. The van der Waals surface area contributed by atoms with E-state index in [1.165, 1.54) is 6.20 Å². The van der Waals surface area contributed by atoms with Gasteiger partial charge in [0.1, 0.15) is 6.54 Å². The second kappa shape index (κ2) is 4.91. The topological polar surface area (TPSA) is 106 Å². The third kappa shape index (κ3) is 3.00. The molecule has 1 aliphatic heterocycles. The Morgan fingerprint density at radius 2 is 2.47 bits per heavy atom. The molecule has 1 aromatic heterocycles. The molecule has 1 fully saturated rings. The summed E-state index contributed by atoms with van der Waals surface area (Å²) >= 11 is 0. The third-order valence-electron chi connectivity index (χ3n) is 2.39. The van der Waals surface area contributed by atoms with Gasteiger partial charge in [0, 0.05) is 6.61 Å². The zero-order valence-corrected chi connectivity index (χ0v) is 9.00. The number of nitrogens with one attached hydrogen (secondary N) is 1. The predicted molar refractivity (Wildman–Crippen MR) is 55.2 cm³/mol. The molecule has 0 spiro atoms. The lowest BCUT2D eigenvalue weighted by molar-refractivity contribution is -0.137. The Hall–Kier alpha value is -1.96. The van der Waals surface area contributed by atoms with Crippen LogP contribution in [-0.2, 0) is 20.9 Å². The van der Waals surface area contributed by atoms with Gasteiger partial charge in [-0.15, -0.1) is 5.10 Å². The van der Waals surface area contributed by atoms with Crippen LogP contribution in [0.25, 0.3) is 0 Å². The number of nitrogens with zero attached hydrogens (tertiary/aromatic N) is 3. The van der Waals surface area contributed by atoms with Crippen LogP contribution < -0.4 is 5.32 Å². The van der Waals surface area contributed by atoms with E-state index in [-0.39, 0.29) is 24.2 Å². The molecule has 1 saturated heterocycles. The van der Waals surface area contributed by atoms with Gasteiger partial charge in [-0.25, -0.2) is 4.68 Å². The Bertz CT molecular complexity index is 424. The summed E-state index contributed by atoms with van der Waals surface area (Å²) in [5.41, 5.74) is 0. The number of carbonyl (C=O) groups excluding carboxylic acids is 1. The van der Waals surface area contributed by atoms with Gasteiger partial charge >= 0.3 is 5.97 Å². The summed E-state index contributed by atoms with van der Waals surface area (Å²) in [5, 5.41) is 18.3. The molecule has 1 unspecified atom stereocenters. The van der Waals surface area contributed by atoms with Crippen molar-refractivity contribution in [1.29, 1.82) is 0 Å². The fraction of sp³-hybridized carbons (Fsp3) is 0.556. The molecule has 1 amide bonds. The maximum atomic E-state index is 11.7. The lowest BCUT2D eigenvalue weighted by Gasteiger charge is -2.05. The summed E-state index contributed by atoms with van der Waals surface area (Å²) in [4.78, 5) is 22.1. The zero-order valence-electron chi connectivity index (χ0n) is 9.00. The van der Waals surface area contributed by atoms with Crippen molar-refractivity contribution in [3.63, 3.8) is 0 Å². The van der Waals surface area contributed by atoms with E-state index in [2.05, 4.69) is 15.6 Å². The quantitative estimate of drug-likeness (QED) is 0.723. The Labute approximate surface area is 96.6 Å². The number of carbonyl (C=O) groups is 2. The number of aromatic nitrogens is 3. The van der Waals surface area contributed by atoms with Gasteiger partial charge in [0.05, 0.1) is 18.7 Å². The fourth-order valence-corrected chi connectivity index (χ4v) is 1.54. The van der Waals surface area contributed by atoms with E-state index in [9.17, 15) is 9.59 Å². The van der Waals surface area contributed by atoms with Crippen molar-refractivity contribution in [3.05, 3.63) is 6.20 Å². The second-order valence-electron chi connectivity index (χ2n) is 3.74. The fourth-order valence-electron chi connectivity index (χ4n) is 1.54. The van der Waals surface area contributed by atoms with Crippen LogP contribution in [-0.4, -0.2) is 45.2 Å². The number of carboxylic acids is 1. The SMILES string of the molecule is O=C(O)Cn1cc(NC(=O)C2CCOC2)nn1. The molecule has 0 aliphatic carbocycles. The van der Waals surface area contributed by atoms with Crippen molar-refractivity contribution in [2.24, 2.45) is 5.92 Å². The van der Waals surface area contributed by atoms with E-state index in [0.29, 0.717) is 19.6 Å². The van der Waals surface area contributed by atoms with Crippen molar-refractivity contribution in [2.45, 2.75) is 13.0 Å².